The van der Waals surface area contributed by atoms with Crippen LogP contribution in [0.4, 0.5) is 5.69 Å². The van der Waals surface area contributed by atoms with Gasteiger partial charge in [-0.05, 0) is 54.3 Å². The molecule has 0 aliphatic rings. The molecule has 170 valence electrons. The van der Waals surface area contributed by atoms with E-state index in [2.05, 4.69) is 9.82 Å². The van der Waals surface area contributed by atoms with E-state index in [1.54, 1.807) is 28.9 Å². The summed E-state index contributed by atoms with van der Waals surface area (Å²) in [6.45, 7) is 2.38. The molecule has 4 rings (SSSR count). The molecule has 0 saturated carbocycles. The number of unbranched alkanes of at least 4 members (excludes halogenated alkanes) is 1. The Bertz CT molecular complexity index is 1310. The molecule has 0 atom stereocenters. The molecule has 33 heavy (non-hydrogen) atoms. The first kappa shape index (κ1) is 22.8. The summed E-state index contributed by atoms with van der Waals surface area (Å²) in [6, 6.07) is 19.2. The molecule has 0 unspecified atom stereocenters. The quantitative estimate of drug-likeness (QED) is 0.257. The van der Waals surface area contributed by atoms with E-state index >= 15 is 0 Å². The van der Waals surface area contributed by atoms with Crippen molar-refractivity contribution in [2.24, 2.45) is 0 Å². The molecule has 2 aromatic carbocycles. The molecule has 7 nitrogen and oxygen atoms in total. The third-order valence-corrected chi connectivity index (χ3v) is 7.11. The second-order valence-electron chi connectivity index (χ2n) is 7.27. The molecule has 0 amide bonds. The molecule has 0 aliphatic heterocycles. The Kier molecular flexibility index (Phi) is 6.90. The maximum Gasteiger partial charge on any atom is 0.338 e. The van der Waals surface area contributed by atoms with Crippen molar-refractivity contribution in [3.05, 3.63) is 83.9 Å². The van der Waals surface area contributed by atoms with Crippen LogP contribution in [0, 0.1) is 0 Å². The van der Waals surface area contributed by atoms with Crippen LogP contribution in [0.3, 0.4) is 0 Å². The molecule has 1 N–H and O–H groups in total. The van der Waals surface area contributed by atoms with Gasteiger partial charge in [0, 0.05) is 5.69 Å². The molecular formula is C24H23N3O4S2. The Morgan fingerprint density at radius 2 is 1.82 bits per heavy atom. The van der Waals surface area contributed by atoms with Gasteiger partial charge in [-0.3, -0.25) is 4.72 Å². The zero-order chi connectivity index (χ0) is 23.3. The lowest BCUT2D eigenvalue weighted by molar-refractivity contribution is 0.0500. The van der Waals surface area contributed by atoms with Crippen LogP contribution in [0.2, 0.25) is 0 Å². The van der Waals surface area contributed by atoms with E-state index in [1.807, 2.05) is 54.8 Å². The van der Waals surface area contributed by atoms with Crippen LogP contribution in [0.1, 0.15) is 30.1 Å². The zero-order valence-corrected chi connectivity index (χ0v) is 19.6. The lowest BCUT2D eigenvalue weighted by Gasteiger charge is -2.09. The monoisotopic (exact) mass is 481 g/mol. The molecule has 2 aromatic heterocycles. The fraction of sp³-hybridized carbons (Fsp3) is 0.167. The maximum absolute atomic E-state index is 13.3. The fourth-order valence-corrected chi connectivity index (χ4v) is 5.12. The summed E-state index contributed by atoms with van der Waals surface area (Å²) >= 11 is 1.41. The number of benzene rings is 2. The van der Waals surface area contributed by atoms with Gasteiger partial charge in [0.15, 0.2) is 0 Å². The fourth-order valence-electron chi connectivity index (χ4n) is 3.13. The highest BCUT2D eigenvalue weighted by atomic mass is 32.2. The SMILES string of the molecule is CCCCOC(=O)c1ccc(NS(=O)(=O)c2cn(-c3ccccc3)nc2-c2cccs2)cc1. The summed E-state index contributed by atoms with van der Waals surface area (Å²) in [6.07, 6.45) is 3.24. The maximum atomic E-state index is 13.3. The number of nitrogens with zero attached hydrogens (tertiary/aromatic N) is 2. The summed E-state index contributed by atoms with van der Waals surface area (Å²) in [5, 5.41) is 6.42. The van der Waals surface area contributed by atoms with Crippen molar-refractivity contribution in [1.29, 1.82) is 0 Å². The zero-order valence-electron chi connectivity index (χ0n) is 18.0. The van der Waals surface area contributed by atoms with E-state index in [0.29, 0.717) is 23.6 Å². The first-order valence-electron chi connectivity index (χ1n) is 10.5. The first-order valence-corrected chi connectivity index (χ1v) is 12.8. The predicted molar refractivity (Wildman–Crippen MR) is 129 cm³/mol. The van der Waals surface area contributed by atoms with Crippen LogP contribution in [0.15, 0.2) is 83.2 Å². The van der Waals surface area contributed by atoms with Gasteiger partial charge in [-0.1, -0.05) is 37.6 Å². The number of thiophene rings is 1. The summed E-state index contributed by atoms with van der Waals surface area (Å²) in [7, 11) is -3.95. The number of aromatic nitrogens is 2. The van der Waals surface area contributed by atoms with E-state index in [9.17, 15) is 13.2 Å². The number of rotatable bonds is 9. The predicted octanol–water partition coefficient (Wildman–Crippen LogP) is 5.36. The molecule has 0 radical (unpaired) electrons. The largest absolute Gasteiger partial charge is 0.462 e. The van der Waals surface area contributed by atoms with Crippen LogP contribution < -0.4 is 4.72 Å². The number of nitrogens with one attached hydrogen (secondary N) is 1. The van der Waals surface area contributed by atoms with Crippen molar-refractivity contribution in [3.63, 3.8) is 0 Å². The van der Waals surface area contributed by atoms with Crippen molar-refractivity contribution in [1.82, 2.24) is 9.78 Å². The average molecular weight is 482 g/mol. The van der Waals surface area contributed by atoms with Gasteiger partial charge in [-0.25, -0.2) is 17.9 Å². The van der Waals surface area contributed by atoms with Crippen LogP contribution >= 0.6 is 11.3 Å². The summed E-state index contributed by atoms with van der Waals surface area (Å²) in [5.41, 5.74) is 1.83. The highest BCUT2D eigenvalue weighted by Gasteiger charge is 2.25. The minimum absolute atomic E-state index is 0.0665. The Morgan fingerprint density at radius 1 is 1.06 bits per heavy atom. The Hall–Kier alpha value is -3.43. The summed E-state index contributed by atoms with van der Waals surface area (Å²) in [5.74, 6) is -0.429. The summed E-state index contributed by atoms with van der Waals surface area (Å²) in [4.78, 5) is 12.9. The minimum atomic E-state index is -3.95. The number of hydrogen-bond donors (Lipinski definition) is 1. The van der Waals surface area contributed by atoms with Crippen LogP contribution in [-0.2, 0) is 14.8 Å². The molecule has 0 fully saturated rings. The van der Waals surface area contributed by atoms with Crippen molar-refractivity contribution in [2.75, 3.05) is 11.3 Å². The normalized spacial score (nSPS) is 11.3. The molecule has 0 spiro atoms. The molecule has 4 aromatic rings. The van der Waals surface area contributed by atoms with E-state index in [0.717, 1.165) is 23.4 Å². The Balaban J connectivity index is 1.61. The number of para-hydroxylation sites is 1. The van der Waals surface area contributed by atoms with E-state index < -0.39 is 16.0 Å². The van der Waals surface area contributed by atoms with Crippen molar-refractivity contribution in [3.8, 4) is 16.3 Å². The van der Waals surface area contributed by atoms with Crippen molar-refractivity contribution in [2.45, 2.75) is 24.7 Å². The molecule has 0 aliphatic carbocycles. The minimum Gasteiger partial charge on any atom is -0.462 e. The molecule has 0 bridgehead atoms. The van der Waals surface area contributed by atoms with Gasteiger partial charge >= 0.3 is 5.97 Å². The van der Waals surface area contributed by atoms with Gasteiger partial charge in [-0.2, -0.15) is 5.10 Å². The van der Waals surface area contributed by atoms with Gasteiger partial charge in [0.1, 0.15) is 10.6 Å². The smallest absolute Gasteiger partial charge is 0.338 e. The van der Waals surface area contributed by atoms with Crippen molar-refractivity contribution < 1.29 is 17.9 Å². The molecular weight excluding hydrogens is 458 g/mol. The van der Waals surface area contributed by atoms with E-state index in [4.69, 9.17) is 4.74 Å². The van der Waals surface area contributed by atoms with Gasteiger partial charge in [0.2, 0.25) is 0 Å². The second kappa shape index (κ2) is 10.0. The second-order valence-corrected chi connectivity index (χ2v) is 9.87. The lowest BCUT2D eigenvalue weighted by Crippen LogP contribution is -2.13. The topological polar surface area (TPSA) is 90.3 Å². The number of sulfonamides is 1. The van der Waals surface area contributed by atoms with Gasteiger partial charge in [0.05, 0.1) is 28.9 Å². The molecule has 9 heteroatoms. The Morgan fingerprint density at radius 3 is 2.48 bits per heavy atom. The van der Waals surface area contributed by atoms with E-state index in [1.165, 1.54) is 17.5 Å². The summed E-state index contributed by atoms with van der Waals surface area (Å²) < 4.78 is 35.9. The highest BCUT2D eigenvalue weighted by molar-refractivity contribution is 7.92. The first-order chi connectivity index (χ1) is 16.0. The standard InChI is InChI=1S/C24H23N3O4S2/c1-2-3-15-31-24(28)18-11-13-19(14-12-18)26-33(29,30)22-17-27(20-8-5-4-6-9-20)25-23(22)21-10-7-16-32-21/h4-14,16-17,26H,2-3,15H2,1H3. The van der Waals surface area contributed by atoms with Crippen molar-refractivity contribution >= 4 is 33.0 Å². The van der Waals surface area contributed by atoms with Gasteiger partial charge in [0.25, 0.3) is 10.0 Å². The number of ether oxygens (including phenoxy) is 1. The van der Waals surface area contributed by atoms with Gasteiger partial charge < -0.3 is 4.74 Å². The van der Waals surface area contributed by atoms with Crippen LogP contribution in [-0.4, -0.2) is 30.8 Å². The van der Waals surface area contributed by atoms with E-state index in [-0.39, 0.29) is 4.90 Å². The lowest BCUT2D eigenvalue weighted by atomic mass is 10.2. The molecule has 0 saturated heterocycles. The number of anilines is 1. The molecule has 2 heterocycles. The average Bonchev–Trinajstić information content (AvgIpc) is 3.50. The van der Waals surface area contributed by atoms with Crippen LogP contribution in [0.25, 0.3) is 16.3 Å². The number of carbonyl (C=O) groups is 1. The Labute approximate surface area is 196 Å². The third-order valence-electron chi connectivity index (χ3n) is 4.85. The number of carbonyl (C=O) groups excluding carboxylic acids is 1. The highest BCUT2D eigenvalue weighted by Crippen LogP contribution is 2.31. The van der Waals surface area contributed by atoms with Gasteiger partial charge in [-0.15, -0.1) is 11.3 Å². The number of hydrogen-bond acceptors (Lipinski definition) is 6. The number of esters is 1. The third kappa shape index (κ3) is 5.32. The van der Waals surface area contributed by atoms with Crippen LogP contribution in [0.5, 0.6) is 0 Å².